The molecular formula is C17H15F3O5. The molecule has 0 N–H and O–H groups in total. The highest BCUT2D eigenvalue weighted by Gasteiger charge is 2.16. The smallest absolute Gasteiger partial charge is 0.387 e. The summed E-state index contributed by atoms with van der Waals surface area (Å²) in [5.74, 6) is -1.12. The van der Waals surface area contributed by atoms with E-state index in [1.165, 1.54) is 50.6 Å². The minimum Gasteiger partial charge on any atom is -0.496 e. The summed E-state index contributed by atoms with van der Waals surface area (Å²) in [7, 11) is 2.66. The first kappa shape index (κ1) is 18.4. The van der Waals surface area contributed by atoms with E-state index >= 15 is 0 Å². The van der Waals surface area contributed by atoms with Crippen LogP contribution in [0.25, 0.3) is 0 Å². The zero-order valence-corrected chi connectivity index (χ0v) is 13.4. The number of carbonyl (C=O) groups excluding carboxylic acids is 1. The maximum Gasteiger partial charge on any atom is 0.387 e. The monoisotopic (exact) mass is 356 g/mol. The van der Waals surface area contributed by atoms with E-state index in [2.05, 4.69) is 4.74 Å². The van der Waals surface area contributed by atoms with Crippen molar-refractivity contribution in [2.24, 2.45) is 0 Å². The summed E-state index contributed by atoms with van der Waals surface area (Å²) < 4.78 is 57.2. The number of hydrogen-bond acceptors (Lipinski definition) is 5. The maximum absolute atomic E-state index is 13.3. The molecule has 8 heteroatoms. The largest absolute Gasteiger partial charge is 0.496 e. The van der Waals surface area contributed by atoms with Crippen molar-refractivity contribution in [2.75, 3.05) is 14.2 Å². The lowest BCUT2D eigenvalue weighted by Gasteiger charge is -2.12. The van der Waals surface area contributed by atoms with E-state index in [1.54, 1.807) is 0 Å². The number of alkyl halides is 2. The van der Waals surface area contributed by atoms with Crippen molar-refractivity contribution in [1.29, 1.82) is 0 Å². The Hall–Kier alpha value is -2.90. The Morgan fingerprint density at radius 1 is 1.00 bits per heavy atom. The molecular weight excluding hydrogens is 341 g/mol. The summed E-state index contributed by atoms with van der Waals surface area (Å²) in [5, 5.41) is 0. The van der Waals surface area contributed by atoms with Gasteiger partial charge in [-0.15, -0.1) is 0 Å². The van der Waals surface area contributed by atoms with Gasteiger partial charge in [-0.25, -0.2) is 9.18 Å². The van der Waals surface area contributed by atoms with Gasteiger partial charge in [0.2, 0.25) is 0 Å². The lowest BCUT2D eigenvalue weighted by molar-refractivity contribution is -0.0512. The third kappa shape index (κ3) is 4.79. The van der Waals surface area contributed by atoms with Crippen LogP contribution in [0.3, 0.4) is 0 Å². The van der Waals surface area contributed by atoms with E-state index in [0.717, 1.165) is 0 Å². The molecule has 0 aliphatic carbocycles. The third-order valence-electron chi connectivity index (χ3n) is 3.22. The van der Waals surface area contributed by atoms with Gasteiger partial charge >= 0.3 is 12.6 Å². The topological polar surface area (TPSA) is 54.0 Å². The highest BCUT2D eigenvalue weighted by molar-refractivity contribution is 5.90. The van der Waals surface area contributed by atoms with Gasteiger partial charge in [0.25, 0.3) is 0 Å². The van der Waals surface area contributed by atoms with Crippen LogP contribution in [0.15, 0.2) is 36.4 Å². The third-order valence-corrected chi connectivity index (χ3v) is 3.22. The van der Waals surface area contributed by atoms with Crippen molar-refractivity contribution in [2.45, 2.75) is 13.2 Å². The molecule has 0 aliphatic heterocycles. The maximum atomic E-state index is 13.3. The average Bonchev–Trinajstić information content (AvgIpc) is 2.59. The summed E-state index contributed by atoms with van der Waals surface area (Å²) in [4.78, 5) is 12.1. The van der Waals surface area contributed by atoms with Crippen molar-refractivity contribution >= 4 is 5.97 Å². The molecule has 134 valence electrons. The van der Waals surface area contributed by atoms with Crippen LogP contribution in [0.4, 0.5) is 13.2 Å². The van der Waals surface area contributed by atoms with Gasteiger partial charge in [-0.1, -0.05) is 0 Å². The van der Waals surface area contributed by atoms with Gasteiger partial charge in [0.05, 0.1) is 19.8 Å². The van der Waals surface area contributed by atoms with Crippen molar-refractivity contribution in [3.05, 3.63) is 53.3 Å². The Bertz CT molecular complexity index is 749. The summed E-state index contributed by atoms with van der Waals surface area (Å²) in [6, 6.07) is 7.46. The number of methoxy groups -OCH3 is 2. The molecule has 25 heavy (non-hydrogen) atoms. The number of ether oxygens (including phenoxy) is 4. The Labute approximate surface area is 141 Å². The zero-order chi connectivity index (χ0) is 18.4. The van der Waals surface area contributed by atoms with Crippen LogP contribution in [-0.2, 0) is 11.3 Å². The minimum atomic E-state index is -3.02. The van der Waals surface area contributed by atoms with Gasteiger partial charge in [0.15, 0.2) is 11.5 Å². The van der Waals surface area contributed by atoms with Crippen LogP contribution in [0.5, 0.6) is 17.2 Å². The van der Waals surface area contributed by atoms with Crippen LogP contribution in [0.2, 0.25) is 0 Å². The van der Waals surface area contributed by atoms with Crippen molar-refractivity contribution in [3.63, 3.8) is 0 Å². The number of rotatable bonds is 7. The van der Waals surface area contributed by atoms with Crippen molar-refractivity contribution in [1.82, 2.24) is 0 Å². The van der Waals surface area contributed by atoms with Crippen molar-refractivity contribution in [3.8, 4) is 17.2 Å². The second kappa shape index (κ2) is 8.27. The normalized spacial score (nSPS) is 10.5. The van der Waals surface area contributed by atoms with E-state index in [-0.39, 0.29) is 23.7 Å². The standard InChI is InChI=1S/C17H15F3O5/c1-22-13-6-4-12(18)7-11(13)9-24-16(21)10-3-5-14(25-17(19)20)15(8-10)23-2/h3-8,17H,9H2,1-2H3. The predicted octanol–water partition coefficient (Wildman–Crippen LogP) is 3.80. The summed E-state index contributed by atoms with van der Waals surface area (Å²) in [5.41, 5.74) is 0.411. The van der Waals surface area contributed by atoms with E-state index in [9.17, 15) is 18.0 Å². The van der Waals surface area contributed by atoms with Crippen LogP contribution >= 0.6 is 0 Å². The van der Waals surface area contributed by atoms with E-state index < -0.39 is 18.4 Å². The number of esters is 1. The lowest BCUT2D eigenvalue weighted by atomic mass is 10.2. The quantitative estimate of drug-likeness (QED) is 0.707. The fourth-order valence-corrected chi connectivity index (χ4v) is 2.07. The molecule has 0 bridgehead atoms. The minimum absolute atomic E-state index is 0.0434. The van der Waals surface area contributed by atoms with Crippen LogP contribution in [0, 0.1) is 5.82 Å². The number of halogens is 3. The first-order valence-electron chi connectivity index (χ1n) is 7.07. The number of benzene rings is 2. The Kier molecular flexibility index (Phi) is 6.10. The highest BCUT2D eigenvalue weighted by atomic mass is 19.3. The summed E-state index contributed by atoms with van der Waals surface area (Å²) >= 11 is 0. The molecule has 0 amide bonds. The molecule has 0 saturated heterocycles. The molecule has 2 aromatic carbocycles. The average molecular weight is 356 g/mol. The van der Waals surface area contributed by atoms with Crippen molar-refractivity contribution < 1.29 is 36.9 Å². The molecule has 0 saturated carbocycles. The molecule has 2 rings (SSSR count). The molecule has 0 aliphatic rings. The van der Waals surface area contributed by atoms with Gasteiger partial charge in [0.1, 0.15) is 18.2 Å². The second-order valence-electron chi connectivity index (χ2n) is 4.78. The first-order valence-corrected chi connectivity index (χ1v) is 7.07. The summed E-state index contributed by atoms with van der Waals surface area (Å²) in [6.45, 7) is -3.25. The van der Waals surface area contributed by atoms with Gasteiger partial charge in [0, 0.05) is 5.56 Å². The zero-order valence-electron chi connectivity index (χ0n) is 13.4. The summed E-state index contributed by atoms with van der Waals surface area (Å²) in [6.07, 6.45) is 0. The lowest BCUT2D eigenvalue weighted by Crippen LogP contribution is -2.08. The molecule has 0 radical (unpaired) electrons. The molecule has 0 spiro atoms. The number of carbonyl (C=O) groups is 1. The van der Waals surface area contributed by atoms with E-state index in [0.29, 0.717) is 11.3 Å². The molecule has 0 heterocycles. The Morgan fingerprint density at radius 3 is 2.32 bits per heavy atom. The SMILES string of the molecule is COc1ccc(F)cc1COC(=O)c1ccc(OC(F)F)c(OC)c1. The van der Waals surface area contributed by atoms with Crippen LogP contribution in [-0.4, -0.2) is 26.8 Å². The Balaban J connectivity index is 2.12. The molecule has 0 unspecified atom stereocenters. The second-order valence-corrected chi connectivity index (χ2v) is 4.78. The first-order chi connectivity index (χ1) is 11.9. The van der Waals surface area contributed by atoms with Gasteiger partial charge in [-0.3, -0.25) is 0 Å². The molecule has 0 fully saturated rings. The number of hydrogen-bond donors (Lipinski definition) is 0. The molecule has 2 aromatic rings. The molecule has 5 nitrogen and oxygen atoms in total. The predicted molar refractivity (Wildman–Crippen MR) is 81.7 cm³/mol. The van der Waals surface area contributed by atoms with Gasteiger partial charge in [-0.2, -0.15) is 8.78 Å². The fraction of sp³-hybridized carbons (Fsp3) is 0.235. The molecule has 0 atom stereocenters. The van der Waals surface area contributed by atoms with E-state index in [1.807, 2.05) is 0 Å². The Morgan fingerprint density at radius 2 is 1.68 bits per heavy atom. The van der Waals surface area contributed by atoms with E-state index in [4.69, 9.17) is 14.2 Å². The van der Waals surface area contributed by atoms with Crippen LogP contribution < -0.4 is 14.2 Å². The van der Waals surface area contributed by atoms with Gasteiger partial charge in [-0.05, 0) is 36.4 Å². The fourth-order valence-electron chi connectivity index (χ4n) is 2.07. The van der Waals surface area contributed by atoms with Crippen LogP contribution in [0.1, 0.15) is 15.9 Å². The molecule has 0 aromatic heterocycles. The highest BCUT2D eigenvalue weighted by Crippen LogP contribution is 2.30. The van der Waals surface area contributed by atoms with Gasteiger partial charge < -0.3 is 18.9 Å².